The molecule has 3 N–H and O–H groups in total. The van der Waals surface area contributed by atoms with E-state index in [9.17, 15) is 0 Å². The number of nitrogens with zero attached hydrogens (tertiary/aromatic N) is 2. The van der Waals surface area contributed by atoms with Gasteiger partial charge in [-0.15, -0.1) is 24.0 Å². The molecule has 0 saturated heterocycles. The van der Waals surface area contributed by atoms with E-state index >= 15 is 0 Å². The third-order valence-electron chi connectivity index (χ3n) is 2.79. The van der Waals surface area contributed by atoms with Gasteiger partial charge in [0.25, 0.3) is 0 Å². The standard InChI is InChI=1S/C15H26ClN5.HI/c1-15(2,3)21-10-9-19-14(17-4)18-8-7-12-5-6-13(16)20-11-12;/h5-6,11,21H,7-10H2,1-4H3,(H2,17,18,19);1H. The first-order chi connectivity index (χ1) is 9.90. The molecule has 0 aromatic carbocycles. The molecule has 1 aromatic heterocycles. The topological polar surface area (TPSA) is 61.3 Å². The van der Waals surface area contributed by atoms with Crippen LogP contribution in [0.4, 0.5) is 0 Å². The van der Waals surface area contributed by atoms with Crippen molar-refractivity contribution in [1.29, 1.82) is 0 Å². The Morgan fingerprint density at radius 2 is 1.86 bits per heavy atom. The van der Waals surface area contributed by atoms with Gasteiger partial charge < -0.3 is 16.0 Å². The van der Waals surface area contributed by atoms with E-state index in [2.05, 4.69) is 46.7 Å². The summed E-state index contributed by atoms with van der Waals surface area (Å²) in [7, 11) is 1.77. The number of aromatic nitrogens is 1. The lowest BCUT2D eigenvalue weighted by molar-refractivity contribution is 0.428. The summed E-state index contributed by atoms with van der Waals surface area (Å²) in [5.41, 5.74) is 1.29. The van der Waals surface area contributed by atoms with E-state index in [0.717, 1.165) is 37.6 Å². The van der Waals surface area contributed by atoms with Gasteiger partial charge in [0, 0.05) is 38.4 Å². The van der Waals surface area contributed by atoms with Gasteiger partial charge in [0.15, 0.2) is 5.96 Å². The maximum Gasteiger partial charge on any atom is 0.191 e. The average molecular weight is 440 g/mol. The number of pyridine rings is 1. The summed E-state index contributed by atoms with van der Waals surface area (Å²) in [6.07, 6.45) is 2.68. The minimum atomic E-state index is 0. The number of hydrogen-bond acceptors (Lipinski definition) is 3. The van der Waals surface area contributed by atoms with E-state index in [1.807, 2.05) is 12.1 Å². The summed E-state index contributed by atoms with van der Waals surface area (Å²) in [4.78, 5) is 8.26. The highest BCUT2D eigenvalue weighted by Gasteiger charge is 2.07. The average Bonchev–Trinajstić information content (AvgIpc) is 2.42. The minimum Gasteiger partial charge on any atom is -0.356 e. The second kappa shape index (κ2) is 11.0. The molecule has 0 radical (unpaired) electrons. The van der Waals surface area contributed by atoms with Crippen molar-refractivity contribution in [1.82, 2.24) is 20.9 Å². The monoisotopic (exact) mass is 439 g/mol. The Bertz CT molecular complexity index is 442. The summed E-state index contributed by atoms with van der Waals surface area (Å²) in [6, 6.07) is 3.79. The highest BCUT2D eigenvalue weighted by Crippen LogP contribution is 2.05. The predicted molar refractivity (Wildman–Crippen MR) is 105 cm³/mol. The largest absolute Gasteiger partial charge is 0.356 e. The number of nitrogens with one attached hydrogen (secondary N) is 3. The van der Waals surface area contributed by atoms with Gasteiger partial charge in [-0.1, -0.05) is 17.7 Å². The lowest BCUT2D eigenvalue weighted by Crippen LogP contribution is -2.44. The van der Waals surface area contributed by atoms with Gasteiger partial charge in [0.2, 0.25) is 0 Å². The van der Waals surface area contributed by atoms with Gasteiger partial charge in [-0.05, 0) is 38.8 Å². The molecule has 1 aromatic rings. The van der Waals surface area contributed by atoms with Crippen LogP contribution in [0.2, 0.25) is 5.15 Å². The maximum atomic E-state index is 5.76. The van der Waals surface area contributed by atoms with Gasteiger partial charge in [-0.2, -0.15) is 0 Å². The van der Waals surface area contributed by atoms with Crippen molar-refractivity contribution in [2.75, 3.05) is 26.7 Å². The van der Waals surface area contributed by atoms with E-state index in [-0.39, 0.29) is 29.5 Å². The maximum absolute atomic E-state index is 5.76. The first-order valence-electron chi connectivity index (χ1n) is 7.21. The predicted octanol–water partition coefficient (Wildman–Crippen LogP) is 2.45. The van der Waals surface area contributed by atoms with Gasteiger partial charge in [0.05, 0.1) is 0 Å². The zero-order valence-corrected chi connectivity index (χ0v) is 16.8. The third kappa shape index (κ3) is 10.2. The molecule has 0 aliphatic rings. The molecule has 0 amide bonds. The highest BCUT2D eigenvalue weighted by atomic mass is 127. The number of aliphatic imine (C=N–C) groups is 1. The van der Waals surface area contributed by atoms with E-state index in [1.165, 1.54) is 0 Å². The van der Waals surface area contributed by atoms with Crippen LogP contribution in [-0.2, 0) is 6.42 Å². The van der Waals surface area contributed by atoms with Crippen LogP contribution in [0.5, 0.6) is 0 Å². The Labute approximate surface area is 155 Å². The molecular formula is C15H27ClIN5. The molecule has 0 unspecified atom stereocenters. The second-order valence-electron chi connectivity index (χ2n) is 5.84. The lowest BCUT2D eigenvalue weighted by atomic mass is 10.1. The zero-order valence-electron chi connectivity index (χ0n) is 13.7. The molecule has 7 heteroatoms. The normalized spacial score (nSPS) is 11.8. The molecule has 0 aliphatic carbocycles. The van der Waals surface area contributed by atoms with Gasteiger partial charge in [0.1, 0.15) is 5.15 Å². The van der Waals surface area contributed by atoms with Crippen LogP contribution in [0.3, 0.4) is 0 Å². The molecule has 0 saturated carbocycles. The Morgan fingerprint density at radius 3 is 2.41 bits per heavy atom. The first-order valence-corrected chi connectivity index (χ1v) is 7.58. The lowest BCUT2D eigenvalue weighted by Gasteiger charge is -2.21. The van der Waals surface area contributed by atoms with Crippen LogP contribution in [0.25, 0.3) is 0 Å². The molecule has 0 aliphatic heterocycles. The minimum absolute atomic E-state index is 0. The van der Waals surface area contributed by atoms with Crippen LogP contribution in [0, 0.1) is 0 Å². The summed E-state index contributed by atoms with van der Waals surface area (Å²) >= 11 is 5.76. The molecule has 0 fully saturated rings. The zero-order chi connectivity index (χ0) is 15.7. The van der Waals surface area contributed by atoms with E-state index < -0.39 is 0 Å². The van der Waals surface area contributed by atoms with Gasteiger partial charge >= 0.3 is 0 Å². The first kappa shape index (κ1) is 21.4. The fraction of sp³-hybridized carbons (Fsp3) is 0.600. The molecule has 5 nitrogen and oxygen atoms in total. The van der Waals surface area contributed by atoms with Crippen LogP contribution >= 0.6 is 35.6 Å². The van der Waals surface area contributed by atoms with Gasteiger partial charge in [-0.3, -0.25) is 4.99 Å². The fourth-order valence-electron chi connectivity index (χ4n) is 1.72. The smallest absolute Gasteiger partial charge is 0.191 e. The Kier molecular flexibility index (Phi) is 10.7. The summed E-state index contributed by atoms with van der Waals surface area (Å²) < 4.78 is 0. The van der Waals surface area contributed by atoms with Crippen molar-refractivity contribution in [3.8, 4) is 0 Å². The number of rotatable bonds is 6. The molecule has 22 heavy (non-hydrogen) atoms. The summed E-state index contributed by atoms with van der Waals surface area (Å²) in [5.74, 6) is 0.813. The van der Waals surface area contributed by atoms with Crippen molar-refractivity contribution in [3.63, 3.8) is 0 Å². The number of guanidine groups is 1. The summed E-state index contributed by atoms with van der Waals surface area (Å²) in [6.45, 7) is 8.99. The molecule has 0 atom stereocenters. The number of halogens is 2. The van der Waals surface area contributed by atoms with Crippen molar-refractivity contribution in [2.45, 2.75) is 32.7 Å². The quantitative estimate of drug-likeness (QED) is 0.209. The third-order valence-corrected chi connectivity index (χ3v) is 3.01. The Balaban J connectivity index is 0.00000441. The van der Waals surface area contributed by atoms with Crippen molar-refractivity contribution < 1.29 is 0 Å². The number of hydrogen-bond donors (Lipinski definition) is 3. The molecule has 0 bridgehead atoms. The van der Waals surface area contributed by atoms with Gasteiger partial charge in [-0.25, -0.2) is 4.98 Å². The van der Waals surface area contributed by atoms with Crippen LogP contribution in [0.1, 0.15) is 26.3 Å². The summed E-state index contributed by atoms with van der Waals surface area (Å²) in [5, 5.41) is 10.5. The van der Waals surface area contributed by atoms with E-state index in [1.54, 1.807) is 13.2 Å². The Morgan fingerprint density at radius 1 is 1.18 bits per heavy atom. The Hall–Kier alpha value is -0.600. The van der Waals surface area contributed by atoms with Crippen LogP contribution < -0.4 is 16.0 Å². The van der Waals surface area contributed by atoms with Crippen molar-refractivity contribution >= 4 is 41.5 Å². The second-order valence-corrected chi connectivity index (χ2v) is 6.23. The SMILES string of the molecule is CN=C(NCCNC(C)(C)C)NCCc1ccc(Cl)nc1.I. The van der Waals surface area contributed by atoms with Crippen LogP contribution in [0.15, 0.2) is 23.3 Å². The van der Waals surface area contributed by atoms with E-state index in [0.29, 0.717) is 5.15 Å². The molecular weight excluding hydrogens is 413 g/mol. The van der Waals surface area contributed by atoms with Crippen LogP contribution in [-0.4, -0.2) is 43.2 Å². The molecule has 0 spiro atoms. The molecule has 1 rings (SSSR count). The molecule has 126 valence electrons. The van der Waals surface area contributed by atoms with Crippen molar-refractivity contribution in [2.24, 2.45) is 4.99 Å². The van der Waals surface area contributed by atoms with E-state index in [4.69, 9.17) is 11.6 Å². The highest BCUT2D eigenvalue weighted by molar-refractivity contribution is 14.0. The fourth-order valence-corrected chi connectivity index (χ4v) is 1.83. The van der Waals surface area contributed by atoms with Crippen molar-refractivity contribution in [3.05, 3.63) is 29.0 Å². The molecule has 1 heterocycles.